The molecule has 0 radical (unpaired) electrons. The fourth-order valence-electron chi connectivity index (χ4n) is 2.41. The summed E-state index contributed by atoms with van der Waals surface area (Å²) < 4.78 is 67.6. The second-order valence-electron chi connectivity index (χ2n) is 6.00. The second-order valence-corrected chi connectivity index (χ2v) is 7.94. The molecular weight excluding hydrogens is 433 g/mol. The molecule has 0 amide bonds. The summed E-state index contributed by atoms with van der Waals surface area (Å²) in [6, 6.07) is 4.88. The molecule has 30 heavy (non-hydrogen) atoms. The van der Waals surface area contributed by atoms with Gasteiger partial charge in [0.25, 0.3) is 0 Å². The van der Waals surface area contributed by atoms with Crippen molar-refractivity contribution in [1.82, 2.24) is 14.3 Å². The van der Waals surface area contributed by atoms with Crippen LogP contribution in [0.25, 0.3) is 0 Å². The molecule has 3 heterocycles. The topological polar surface area (TPSA) is 135 Å². The van der Waals surface area contributed by atoms with Crippen LogP contribution in [0.2, 0.25) is 0 Å². The first-order valence-corrected chi connectivity index (χ1v) is 10.3. The predicted octanol–water partition coefficient (Wildman–Crippen LogP) is 1.65. The molecule has 166 valence electrons. The number of morpholine rings is 1. The lowest BCUT2D eigenvalue weighted by Crippen LogP contribution is -2.43. The third-order valence-corrected chi connectivity index (χ3v) is 5.03. The molecule has 0 aromatic carbocycles. The quantitative estimate of drug-likeness (QED) is 0.694. The molecule has 1 saturated heterocycles. The SMILES string of the molecule is CS(=O)(=O)N1CCOCC1c1nccc(NCc2ccco2)n1.O=C(O)C(F)(F)F. The molecule has 10 nitrogen and oxygen atoms in total. The molecule has 0 spiro atoms. The lowest BCUT2D eigenvalue weighted by atomic mass is 10.2. The number of anilines is 1. The number of carbonyl (C=O) groups is 1. The van der Waals surface area contributed by atoms with Gasteiger partial charge in [0.2, 0.25) is 10.0 Å². The van der Waals surface area contributed by atoms with Gasteiger partial charge in [0, 0.05) is 12.7 Å². The number of aliphatic carboxylic acids is 1. The number of nitrogens with zero attached hydrogens (tertiary/aromatic N) is 3. The maximum absolute atomic E-state index is 11.9. The highest BCUT2D eigenvalue weighted by Crippen LogP contribution is 2.24. The number of rotatable bonds is 5. The monoisotopic (exact) mass is 452 g/mol. The summed E-state index contributed by atoms with van der Waals surface area (Å²) in [5, 5.41) is 10.3. The van der Waals surface area contributed by atoms with Crippen LogP contribution in [0.3, 0.4) is 0 Å². The van der Waals surface area contributed by atoms with Crippen molar-refractivity contribution in [2.24, 2.45) is 0 Å². The average molecular weight is 452 g/mol. The van der Waals surface area contributed by atoms with Crippen molar-refractivity contribution in [3.8, 4) is 0 Å². The van der Waals surface area contributed by atoms with E-state index in [0.717, 1.165) is 5.76 Å². The molecule has 1 aliphatic rings. The zero-order valence-corrected chi connectivity index (χ0v) is 16.5. The Morgan fingerprint density at radius 1 is 1.40 bits per heavy atom. The number of hydrogen-bond acceptors (Lipinski definition) is 8. The van der Waals surface area contributed by atoms with E-state index >= 15 is 0 Å². The lowest BCUT2D eigenvalue weighted by Gasteiger charge is -2.32. The number of alkyl halides is 3. The van der Waals surface area contributed by atoms with Gasteiger partial charge in [-0.3, -0.25) is 0 Å². The summed E-state index contributed by atoms with van der Waals surface area (Å²) in [4.78, 5) is 17.5. The van der Waals surface area contributed by atoms with E-state index in [2.05, 4.69) is 15.3 Å². The summed E-state index contributed by atoms with van der Waals surface area (Å²) in [6.07, 6.45) is -0.696. The number of aromatic nitrogens is 2. The Morgan fingerprint density at radius 2 is 2.10 bits per heavy atom. The van der Waals surface area contributed by atoms with E-state index in [1.54, 1.807) is 18.5 Å². The van der Waals surface area contributed by atoms with Gasteiger partial charge in [-0.15, -0.1) is 0 Å². The Balaban J connectivity index is 0.000000396. The first-order chi connectivity index (χ1) is 14.0. The third kappa shape index (κ3) is 6.96. The Hall–Kier alpha value is -2.71. The van der Waals surface area contributed by atoms with Gasteiger partial charge in [-0.2, -0.15) is 17.5 Å². The largest absolute Gasteiger partial charge is 0.490 e. The zero-order valence-electron chi connectivity index (χ0n) is 15.7. The molecule has 1 fully saturated rings. The lowest BCUT2D eigenvalue weighted by molar-refractivity contribution is -0.192. The van der Waals surface area contributed by atoms with Crippen LogP contribution in [0.5, 0.6) is 0 Å². The van der Waals surface area contributed by atoms with Crippen LogP contribution in [0.15, 0.2) is 35.1 Å². The fraction of sp³-hybridized carbons (Fsp3) is 0.438. The Morgan fingerprint density at radius 3 is 2.67 bits per heavy atom. The number of nitrogens with one attached hydrogen (secondary N) is 1. The molecule has 0 bridgehead atoms. The molecular formula is C16H19F3N4O6S. The summed E-state index contributed by atoms with van der Waals surface area (Å²) in [5.41, 5.74) is 0. The zero-order chi connectivity index (χ0) is 22.4. The number of ether oxygens (including phenoxy) is 1. The number of furan rings is 1. The third-order valence-electron chi connectivity index (χ3n) is 3.74. The summed E-state index contributed by atoms with van der Waals surface area (Å²) in [7, 11) is -3.35. The van der Waals surface area contributed by atoms with E-state index in [1.807, 2.05) is 12.1 Å². The van der Waals surface area contributed by atoms with Crippen LogP contribution < -0.4 is 5.32 Å². The number of hydrogen-bond donors (Lipinski definition) is 2. The molecule has 2 aromatic rings. The minimum atomic E-state index is -5.08. The number of halogens is 3. The van der Waals surface area contributed by atoms with Gasteiger partial charge in [-0.05, 0) is 18.2 Å². The predicted molar refractivity (Wildman–Crippen MR) is 96.9 cm³/mol. The number of carboxylic acids is 1. The Kier molecular flexibility index (Phi) is 7.75. The highest BCUT2D eigenvalue weighted by atomic mass is 32.2. The van der Waals surface area contributed by atoms with Crippen molar-refractivity contribution in [3.05, 3.63) is 42.2 Å². The highest BCUT2D eigenvalue weighted by molar-refractivity contribution is 7.88. The molecule has 0 aliphatic carbocycles. The van der Waals surface area contributed by atoms with Crippen LogP contribution in [0.4, 0.5) is 19.0 Å². The smallest absolute Gasteiger partial charge is 0.475 e. The molecule has 1 unspecified atom stereocenters. The summed E-state index contributed by atoms with van der Waals surface area (Å²) in [6.45, 7) is 1.41. The van der Waals surface area contributed by atoms with E-state index in [4.69, 9.17) is 19.1 Å². The second kappa shape index (κ2) is 9.86. The van der Waals surface area contributed by atoms with Gasteiger partial charge in [0.15, 0.2) is 5.82 Å². The molecule has 14 heteroatoms. The van der Waals surface area contributed by atoms with Crippen LogP contribution >= 0.6 is 0 Å². The van der Waals surface area contributed by atoms with Crippen molar-refractivity contribution >= 4 is 21.8 Å². The molecule has 3 rings (SSSR count). The summed E-state index contributed by atoms with van der Waals surface area (Å²) in [5.74, 6) is -0.957. The van der Waals surface area contributed by atoms with Gasteiger partial charge < -0.3 is 19.6 Å². The van der Waals surface area contributed by atoms with E-state index in [1.165, 1.54) is 10.6 Å². The van der Waals surface area contributed by atoms with Gasteiger partial charge >= 0.3 is 12.1 Å². The summed E-state index contributed by atoms with van der Waals surface area (Å²) >= 11 is 0. The maximum Gasteiger partial charge on any atom is 0.490 e. The number of sulfonamides is 1. The van der Waals surface area contributed by atoms with E-state index in [-0.39, 0.29) is 6.61 Å². The first kappa shape index (κ1) is 23.6. The van der Waals surface area contributed by atoms with Crippen molar-refractivity contribution in [2.75, 3.05) is 31.3 Å². The molecule has 2 N–H and O–H groups in total. The van der Waals surface area contributed by atoms with Crippen molar-refractivity contribution in [1.29, 1.82) is 0 Å². The Bertz CT molecular complexity index is 937. The van der Waals surface area contributed by atoms with Crippen LogP contribution in [-0.2, 0) is 26.1 Å². The van der Waals surface area contributed by atoms with E-state index < -0.39 is 28.2 Å². The molecule has 2 aromatic heterocycles. The van der Waals surface area contributed by atoms with E-state index in [9.17, 15) is 21.6 Å². The average Bonchev–Trinajstić information content (AvgIpc) is 3.19. The van der Waals surface area contributed by atoms with Crippen molar-refractivity contribution in [2.45, 2.75) is 18.8 Å². The van der Waals surface area contributed by atoms with Gasteiger partial charge in [-0.1, -0.05) is 0 Å². The van der Waals surface area contributed by atoms with Gasteiger partial charge in [0.05, 0.1) is 32.3 Å². The van der Waals surface area contributed by atoms with Crippen LogP contribution in [0, 0.1) is 0 Å². The van der Waals surface area contributed by atoms with Crippen LogP contribution in [-0.4, -0.2) is 66.0 Å². The van der Waals surface area contributed by atoms with E-state index in [0.29, 0.717) is 31.3 Å². The normalized spacial score (nSPS) is 17.7. The minimum absolute atomic E-state index is 0.245. The highest BCUT2D eigenvalue weighted by Gasteiger charge is 2.38. The van der Waals surface area contributed by atoms with Crippen molar-refractivity contribution in [3.63, 3.8) is 0 Å². The van der Waals surface area contributed by atoms with Gasteiger partial charge in [0.1, 0.15) is 17.6 Å². The number of carboxylic acid groups (broad SMARTS) is 1. The first-order valence-electron chi connectivity index (χ1n) is 8.42. The molecule has 0 saturated carbocycles. The standard InChI is InChI=1S/C14H18N4O4S.C2HF3O2/c1-23(19,20)18-6-8-21-10-12(18)14-15-5-4-13(17-14)16-9-11-3-2-7-22-11;3-2(4,5)1(6)7/h2-5,7,12H,6,8-10H2,1H3,(H,15,16,17);(H,6,7). The molecule has 1 atom stereocenters. The molecule has 1 aliphatic heterocycles. The Labute approximate surface area is 169 Å². The van der Waals surface area contributed by atoms with Crippen molar-refractivity contribution < 1.29 is 40.6 Å². The maximum atomic E-state index is 11.9. The minimum Gasteiger partial charge on any atom is -0.475 e. The van der Waals surface area contributed by atoms with Gasteiger partial charge in [-0.25, -0.2) is 23.2 Å². The fourth-order valence-corrected chi connectivity index (χ4v) is 3.44. The van der Waals surface area contributed by atoms with Crippen LogP contribution in [0.1, 0.15) is 17.6 Å².